The topological polar surface area (TPSA) is 86.8 Å². The van der Waals surface area contributed by atoms with Gasteiger partial charge in [-0.25, -0.2) is 12.8 Å². The largest absolute Gasteiger partial charge is 0.352 e. The monoisotopic (exact) mass is 593 g/mol. The fourth-order valence-corrected chi connectivity index (χ4v) is 5.89. The molecule has 0 fully saturated rings. The molecule has 208 valence electrons. The molecule has 0 bridgehead atoms. The highest BCUT2D eigenvalue weighted by Crippen LogP contribution is 2.27. The Morgan fingerprint density at radius 3 is 2.18 bits per heavy atom. The molecule has 2 amide bonds. The minimum Gasteiger partial charge on any atom is -0.352 e. The number of hydrogen-bond donors (Lipinski definition) is 1. The van der Waals surface area contributed by atoms with Crippen molar-refractivity contribution in [2.75, 3.05) is 10.8 Å². The third kappa shape index (κ3) is 7.71. The first-order chi connectivity index (χ1) is 18.4. The third-order valence-electron chi connectivity index (χ3n) is 5.90. The molecule has 7 nitrogen and oxygen atoms in total. The Balaban J connectivity index is 2.07. The average molecular weight is 595 g/mol. The molecule has 0 saturated heterocycles. The van der Waals surface area contributed by atoms with Crippen LogP contribution in [0.25, 0.3) is 0 Å². The van der Waals surface area contributed by atoms with Gasteiger partial charge in [0.25, 0.3) is 10.0 Å². The predicted octanol–water partition coefficient (Wildman–Crippen LogP) is 5.66. The lowest BCUT2D eigenvalue weighted by Gasteiger charge is -2.33. The normalized spacial score (nSPS) is 12.2. The quantitative estimate of drug-likeness (QED) is 0.311. The number of carbonyl (C=O) groups excluding carboxylic acids is 2. The number of benzene rings is 3. The van der Waals surface area contributed by atoms with Gasteiger partial charge in [-0.05, 0) is 74.4 Å². The van der Waals surface area contributed by atoms with Gasteiger partial charge in [0.1, 0.15) is 18.4 Å². The van der Waals surface area contributed by atoms with Gasteiger partial charge >= 0.3 is 0 Å². The Morgan fingerprint density at radius 1 is 0.974 bits per heavy atom. The highest BCUT2D eigenvalue weighted by atomic mass is 35.5. The number of anilines is 1. The van der Waals surface area contributed by atoms with E-state index in [0.717, 1.165) is 16.4 Å². The molecule has 3 aromatic carbocycles. The van der Waals surface area contributed by atoms with Crippen LogP contribution in [0.1, 0.15) is 32.8 Å². The Labute approximate surface area is 238 Å². The van der Waals surface area contributed by atoms with E-state index < -0.39 is 34.3 Å². The summed E-state index contributed by atoms with van der Waals surface area (Å²) in [6.07, 6.45) is 0.261. The molecule has 3 aromatic rings. The summed E-state index contributed by atoms with van der Waals surface area (Å²) in [6.45, 7) is 4.65. The van der Waals surface area contributed by atoms with E-state index in [-0.39, 0.29) is 35.5 Å². The second kappa shape index (κ2) is 13.3. The van der Waals surface area contributed by atoms with E-state index in [0.29, 0.717) is 15.6 Å². The Kier molecular flexibility index (Phi) is 10.4. The van der Waals surface area contributed by atoms with Crippen LogP contribution in [0.5, 0.6) is 0 Å². The zero-order valence-electron chi connectivity index (χ0n) is 21.8. The maximum Gasteiger partial charge on any atom is 0.264 e. The summed E-state index contributed by atoms with van der Waals surface area (Å²) >= 11 is 12.4. The van der Waals surface area contributed by atoms with Gasteiger partial charge < -0.3 is 10.2 Å². The van der Waals surface area contributed by atoms with Gasteiger partial charge in [0.05, 0.1) is 10.6 Å². The van der Waals surface area contributed by atoms with Gasteiger partial charge in [-0.1, -0.05) is 54.4 Å². The van der Waals surface area contributed by atoms with Crippen molar-refractivity contribution in [3.8, 4) is 0 Å². The first-order valence-electron chi connectivity index (χ1n) is 12.3. The van der Waals surface area contributed by atoms with Crippen molar-refractivity contribution in [2.24, 2.45) is 0 Å². The van der Waals surface area contributed by atoms with Crippen molar-refractivity contribution >= 4 is 50.7 Å². The maximum absolute atomic E-state index is 13.9. The molecular weight excluding hydrogens is 564 g/mol. The maximum atomic E-state index is 13.9. The second-order valence-electron chi connectivity index (χ2n) is 9.15. The Bertz CT molecular complexity index is 1400. The number of carbonyl (C=O) groups is 2. The molecule has 0 saturated carbocycles. The zero-order chi connectivity index (χ0) is 28.7. The van der Waals surface area contributed by atoms with E-state index in [1.807, 2.05) is 0 Å². The van der Waals surface area contributed by atoms with Crippen molar-refractivity contribution in [1.29, 1.82) is 0 Å². The highest BCUT2D eigenvalue weighted by Gasteiger charge is 2.34. The third-order valence-corrected chi connectivity index (χ3v) is 8.27. The van der Waals surface area contributed by atoms with Gasteiger partial charge in [0.2, 0.25) is 11.8 Å². The van der Waals surface area contributed by atoms with Gasteiger partial charge in [-0.3, -0.25) is 13.9 Å². The molecule has 0 aromatic heterocycles. The molecule has 0 aliphatic rings. The molecule has 0 spiro atoms. The summed E-state index contributed by atoms with van der Waals surface area (Å²) in [4.78, 5) is 28.3. The van der Waals surface area contributed by atoms with E-state index >= 15 is 0 Å². The van der Waals surface area contributed by atoms with Gasteiger partial charge in [0, 0.05) is 22.6 Å². The smallest absolute Gasteiger partial charge is 0.264 e. The summed E-state index contributed by atoms with van der Waals surface area (Å²) in [5, 5.41) is 3.53. The van der Waals surface area contributed by atoms with Gasteiger partial charge in [-0.2, -0.15) is 0 Å². The lowest BCUT2D eigenvalue weighted by Crippen LogP contribution is -2.53. The van der Waals surface area contributed by atoms with Crippen LogP contribution >= 0.6 is 23.2 Å². The fourth-order valence-electron chi connectivity index (χ4n) is 3.99. The molecule has 0 heterocycles. The molecule has 0 aliphatic heterocycles. The number of halogens is 3. The van der Waals surface area contributed by atoms with E-state index in [4.69, 9.17) is 23.2 Å². The molecule has 0 aliphatic carbocycles. The van der Waals surface area contributed by atoms with Crippen molar-refractivity contribution in [1.82, 2.24) is 10.2 Å². The van der Waals surface area contributed by atoms with Crippen LogP contribution in [0, 0.1) is 5.82 Å². The molecule has 0 radical (unpaired) electrons. The molecule has 1 N–H and O–H groups in total. The first kappa shape index (κ1) is 30.4. The van der Waals surface area contributed by atoms with E-state index in [1.54, 1.807) is 51.1 Å². The van der Waals surface area contributed by atoms with E-state index in [1.165, 1.54) is 35.2 Å². The lowest BCUT2D eigenvalue weighted by molar-refractivity contribution is -0.140. The summed E-state index contributed by atoms with van der Waals surface area (Å²) in [5.41, 5.74) is 0.627. The summed E-state index contributed by atoms with van der Waals surface area (Å²) in [7, 11) is -4.23. The highest BCUT2D eigenvalue weighted by molar-refractivity contribution is 7.92. The minimum absolute atomic E-state index is 0.0426. The number of nitrogens with one attached hydrogen (secondary N) is 1. The molecule has 0 unspecified atom stereocenters. The van der Waals surface area contributed by atoms with Crippen LogP contribution < -0.4 is 9.62 Å². The molecule has 3 rings (SSSR count). The van der Waals surface area contributed by atoms with Crippen molar-refractivity contribution in [2.45, 2.75) is 50.7 Å². The molecule has 1 atom stereocenters. The number of rotatable bonds is 11. The van der Waals surface area contributed by atoms with Crippen molar-refractivity contribution < 1.29 is 22.4 Å². The van der Waals surface area contributed by atoms with Crippen LogP contribution in [0.4, 0.5) is 10.1 Å². The van der Waals surface area contributed by atoms with Crippen molar-refractivity contribution in [3.05, 3.63) is 94.2 Å². The minimum atomic E-state index is -4.23. The Hall–Kier alpha value is -3.14. The summed E-state index contributed by atoms with van der Waals surface area (Å²) in [6, 6.07) is 16.1. The average Bonchev–Trinajstić information content (AvgIpc) is 2.89. The number of nitrogens with zero attached hydrogens (tertiary/aromatic N) is 2. The van der Waals surface area contributed by atoms with Crippen molar-refractivity contribution in [3.63, 3.8) is 0 Å². The lowest BCUT2D eigenvalue weighted by atomic mass is 10.1. The van der Waals surface area contributed by atoms with Crippen LogP contribution in [0.2, 0.25) is 10.0 Å². The van der Waals surface area contributed by atoms with Crippen LogP contribution in [0.3, 0.4) is 0 Å². The molecule has 39 heavy (non-hydrogen) atoms. The number of sulfonamides is 1. The second-order valence-corrected chi connectivity index (χ2v) is 11.9. The van der Waals surface area contributed by atoms with Crippen LogP contribution in [-0.4, -0.2) is 43.8 Å². The zero-order valence-corrected chi connectivity index (χ0v) is 24.1. The SMILES string of the molecule is CC[C@@H](C(=O)NC(C)C)N(Cc1ccc(Cl)cc1Cl)C(=O)CN(c1ccc(F)cc1)S(=O)(=O)c1ccccc1. The van der Waals surface area contributed by atoms with E-state index in [2.05, 4.69) is 5.32 Å². The van der Waals surface area contributed by atoms with Crippen LogP contribution in [0.15, 0.2) is 77.7 Å². The molecule has 11 heteroatoms. The standard InChI is InChI=1S/C28H30Cl2FN3O4S/c1-4-26(28(36)32-19(2)3)33(17-20-10-11-21(29)16-25(20)30)27(35)18-34(23-14-12-22(31)13-15-23)39(37,38)24-8-6-5-7-9-24/h5-16,19,26H,4,17-18H2,1-3H3,(H,32,36)/t26-/m0/s1. The summed E-state index contributed by atoms with van der Waals surface area (Å²) in [5.74, 6) is -1.58. The first-order valence-corrected chi connectivity index (χ1v) is 14.5. The fraction of sp³-hybridized carbons (Fsp3) is 0.286. The molecular formula is C28H30Cl2FN3O4S. The van der Waals surface area contributed by atoms with Gasteiger partial charge in [-0.15, -0.1) is 0 Å². The predicted molar refractivity (Wildman–Crippen MR) is 152 cm³/mol. The van der Waals surface area contributed by atoms with Crippen LogP contribution in [-0.2, 0) is 26.2 Å². The number of amides is 2. The van der Waals surface area contributed by atoms with Gasteiger partial charge in [0.15, 0.2) is 0 Å². The summed E-state index contributed by atoms with van der Waals surface area (Å²) < 4.78 is 42.0. The Morgan fingerprint density at radius 2 is 1.62 bits per heavy atom. The van der Waals surface area contributed by atoms with E-state index in [9.17, 15) is 22.4 Å². The number of hydrogen-bond acceptors (Lipinski definition) is 4.